The molecule has 2 nitrogen and oxygen atoms in total. The van der Waals surface area contributed by atoms with Crippen molar-refractivity contribution >= 4 is 0 Å². The van der Waals surface area contributed by atoms with Gasteiger partial charge in [0.15, 0.2) is 0 Å². The first kappa shape index (κ1) is 11.0. The van der Waals surface area contributed by atoms with Gasteiger partial charge in [-0.25, -0.2) is 4.39 Å². The zero-order chi connectivity index (χ0) is 10.6. The first-order chi connectivity index (χ1) is 6.65. The predicted octanol–water partition coefficient (Wildman–Crippen LogP) is 2.40. The fraction of sp³-hybridized carbons (Fsp3) is 0.455. The highest BCUT2D eigenvalue weighted by molar-refractivity contribution is 5.36. The number of benzene rings is 1. The van der Waals surface area contributed by atoms with Gasteiger partial charge in [-0.3, -0.25) is 0 Å². The van der Waals surface area contributed by atoms with E-state index in [0.717, 1.165) is 11.1 Å². The van der Waals surface area contributed by atoms with Gasteiger partial charge in [0.25, 0.3) is 0 Å². The van der Waals surface area contributed by atoms with Crippen LogP contribution >= 0.6 is 0 Å². The quantitative estimate of drug-likeness (QED) is 0.805. The average Bonchev–Trinajstić information content (AvgIpc) is 2.15. The van der Waals surface area contributed by atoms with Crippen molar-refractivity contribution in [1.29, 1.82) is 0 Å². The molecule has 0 fully saturated rings. The van der Waals surface area contributed by atoms with Crippen LogP contribution in [0.3, 0.4) is 0 Å². The first-order valence-corrected chi connectivity index (χ1v) is 4.62. The number of hydrogen-bond acceptors (Lipinski definition) is 2. The number of aryl methyl sites for hydroxylation is 1. The van der Waals surface area contributed by atoms with E-state index >= 15 is 0 Å². The molecule has 0 aliphatic heterocycles. The monoisotopic (exact) mass is 198 g/mol. The molecule has 0 unspecified atom stereocenters. The minimum Gasteiger partial charge on any atom is -0.491 e. The number of halogens is 1. The molecule has 1 aromatic carbocycles. The summed E-state index contributed by atoms with van der Waals surface area (Å²) in [6, 6.07) is 5.39. The van der Waals surface area contributed by atoms with Gasteiger partial charge in [-0.15, -0.1) is 0 Å². The smallest absolute Gasteiger partial charge is 0.123 e. The molecule has 0 aliphatic carbocycles. The van der Waals surface area contributed by atoms with E-state index in [2.05, 4.69) is 0 Å². The van der Waals surface area contributed by atoms with E-state index < -0.39 is 12.8 Å². The van der Waals surface area contributed by atoms with E-state index in [1.165, 1.54) is 0 Å². The molecule has 0 saturated heterocycles. The Hall–Kier alpha value is -1.09. The van der Waals surface area contributed by atoms with Crippen LogP contribution in [0.1, 0.15) is 24.2 Å². The van der Waals surface area contributed by atoms with Crippen LogP contribution in [0.5, 0.6) is 5.75 Å². The molecule has 3 heteroatoms. The lowest BCUT2D eigenvalue weighted by atomic mass is 10.1. The van der Waals surface area contributed by atoms with Gasteiger partial charge in [-0.2, -0.15) is 0 Å². The van der Waals surface area contributed by atoms with E-state index in [4.69, 9.17) is 4.74 Å². The van der Waals surface area contributed by atoms with Crippen molar-refractivity contribution in [2.75, 3.05) is 13.3 Å². The van der Waals surface area contributed by atoms with Crippen LogP contribution in [0, 0.1) is 6.92 Å². The summed E-state index contributed by atoms with van der Waals surface area (Å²) in [4.78, 5) is 0. The van der Waals surface area contributed by atoms with Crippen molar-refractivity contribution < 1.29 is 14.2 Å². The Labute approximate surface area is 83.3 Å². The molecular formula is C11H15FO2. The van der Waals surface area contributed by atoms with Gasteiger partial charge >= 0.3 is 0 Å². The average molecular weight is 198 g/mol. The third kappa shape index (κ3) is 2.70. The third-order valence-corrected chi connectivity index (χ3v) is 2.02. The molecule has 14 heavy (non-hydrogen) atoms. The molecule has 78 valence electrons. The van der Waals surface area contributed by atoms with Crippen molar-refractivity contribution in [1.82, 2.24) is 0 Å². The molecule has 0 aliphatic rings. The lowest BCUT2D eigenvalue weighted by Crippen LogP contribution is -2.01. The molecule has 0 saturated carbocycles. The summed E-state index contributed by atoms with van der Waals surface area (Å²) >= 11 is 0. The van der Waals surface area contributed by atoms with Gasteiger partial charge < -0.3 is 9.84 Å². The molecule has 1 N–H and O–H groups in total. The van der Waals surface area contributed by atoms with E-state index in [-0.39, 0.29) is 6.61 Å². The molecule has 0 spiro atoms. The Morgan fingerprint density at radius 3 is 2.71 bits per heavy atom. The summed E-state index contributed by atoms with van der Waals surface area (Å²) in [5, 5.41) is 9.31. The largest absolute Gasteiger partial charge is 0.491 e. The van der Waals surface area contributed by atoms with Gasteiger partial charge in [0, 0.05) is 0 Å². The second kappa shape index (κ2) is 4.96. The van der Waals surface area contributed by atoms with Gasteiger partial charge in [-0.1, -0.05) is 6.07 Å². The van der Waals surface area contributed by atoms with Crippen LogP contribution in [0.15, 0.2) is 18.2 Å². The highest BCUT2D eigenvalue weighted by atomic mass is 19.1. The predicted molar refractivity (Wildman–Crippen MR) is 53.3 cm³/mol. The summed E-state index contributed by atoms with van der Waals surface area (Å²) in [5.74, 6) is 0.673. The van der Waals surface area contributed by atoms with Crippen molar-refractivity contribution in [3.63, 3.8) is 0 Å². The van der Waals surface area contributed by atoms with Crippen molar-refractivity contribution in [2.24, 2.45) is 0 Å². The Morgan fingerprint density at radius 1 is 1.50 bits per heavy atom. The zero-order valence-corrected chi connectivity index (χ0v) is 8.46. The second-order valence-corrected chi connectivity index (χ2v) is 3.24. The maximum absolute atomic E-state index is 11.9. The Kier molecular flexibility index (Phi) is 3.89. The number of hydrogen-bond donors (Lipinski definition) is 1. The zero-order valence-electron chi connectivity index (χ0n) is 8.46. The molecule has 0 heterocycles. The normalized spacial score (nSPS) is 12.6. The summed E-state index contributed by atoms with van der Waals surface area (Å²) in [5.41, 5.74) is 1.76. The maximum Gasteiger partial charge on any atom is 0.123 e. The standard InChI is InChI=1S/C11H15FO2/c1-8-7-10(9(2)13)3-4-11(8)14-6-5-12/h3-4,7,9,13H,5-6H2,1-2H3/t9-/m1/s1. The summed E-state index contributed by atoms with van der Waals surface area (Å²) in [7, 11) is 0. The third-order valence-electron chi connectivity index (χ3n) is 2.02. The van der Waals surface area contributed by atoms with Crippen LogP contribution in [0.25, 0.3) is 0 Å². The Bertz CT molecular complexity index is 297. The fourth-order valence-corrected chi connectivity index (χ4v) is 1.24. The molecular weight excluding hydrogens is 183 g/mol. The molecule has 0 aromatic heterocycles. The fourth-order valence-electron chi connectivity index (χ4n) is 1.24. The summed E-state index contributed by atoms with van der Waals surface area (Å²) < 4.78 is 17.0. The van der Waals surface area contributed by atoms with E-state index in [1.54, 1.807) is 19.1 Å². The lowest BCUT2D eigenvalue weighted by Gasteiger charge is -2.10. The minimum absolute atomic E-state index is 0.0782. The summed E-state index contributed by atoms with van der Waals surface area (Å²) in [6.45, 7) is 3.17. The number of rotatable bonds is 4. The number of alkyl halides is 1. The van der Waals surface area contributed by atoms with Crippen LogP contribution in [0.2, 0.25) is 0 Å². The van der Waals surface area contributed by atoms with Crippen molar-refractivity contribution in [3.8, 4) is 5.75 Å². The van der Waals surface area contributed by atoms with E-state index in [0.29, 0.717) is 5.75 Å². The van der Waals surface area contributed by atoms with Crippen LogP contribution in [0.4, 0.5) is 4.39 Å². The topological polar surface area (TPSA) is 29.5 Å². The van der Waals surface area contributed by atoms with Crippen LogP contribution < -0.4 is 4.74 Å². The van der Waals surface area contributed by atoms with Gasteiger partial charge in [0.1, 0.15) is 19.0 Å². The maximum atomic E-state index is 11.9. The molecule has 1 aromatic rings. The Morgan fingerprint density at radius 2 is 2.21 bits per heavy atom. The SMILES string of the molecule is Cc1cc([C@@H](C)O)ccc1OCCF. The van der Waals surface area contributed by atoms with Gasteiger partial charge in [0.05, 0.1) is 6.10 Å². The molecule has 0 bridgehead atoms. The molecule has 1 atom stereocenters. The highest BCUT2D eigenvalue weighted by Gasteiger charge is 2.04. The molecule has 1 rings (SSSR count). The number of ether oxygens (including phenoxy) is 1. The highest BCUT2D eigenvalue weighted by Crippen LogP contribution is 2.22. The van der Waals surface area contributed by atoms with Crippen LogP contribution in [-0.2, 0) is 0 Å². The number of aliphatic hydroxyl groups excluding tert-OH is 1. The Balaban J connectivity index is 2.79. The molecule has 0 radical (unpaired) electrons. The van der Waals surface area contributed by atoms with E-state index in [9.17, 15) is 9.50 Å². The van der Waals surface area contributed by atoms with Gasteiger partial charge in [-0.05, 0) is 37.1 Å². The lowest BCUT2D eigenvalue weighted by molar-refractivity contribution is 0.199. The molecule has 0 amide bonds. The number of aliphatic hydroxyl groups is 1. The van der Waals surface area contributed by atoms with Crippen molar-refractivity contribution in [3.05, 3.63) is 29.3 Å². The van der Waals surface area contributed by atoms with Crippen molar-refractivity contribution in [2.45, 2.75) is 20.0 Å². The second-order valence-electron chi connectivity index (χ2n) is 3.24. The summed E-state index contributed by atoms with van der Waals surface area (Å²) in [6.07, 6.45) is -0.482. The first-order valence-electron chi connectivity index (χ1n) is 4.62. The van der Waals surface area contributed by atoms with Gasteiger partial charge in [0.2, 0.25) is 0 Å². The van der Waals surface area contributed by atoms with Crippen LogP contribution in [-0.4, -0.2) is 18.4 Å². The van der Waals surface area contributed by atoms with E-state index in [1.807, 2.05) is 13.0 Å². The minimum atomic E-state index is -0.488.